The molecule has 2 heterocycles. The maximum absolute atomic E-state index is 4.44. The maximum atomic E-state index is 4.44. The Bertz CT molecular complexity index is 314. The highest BCUT2D eigenvalue weighted by Crippen LogP contribution is 2.23. The van der Waals surface area contributed by atoms with Gasteiger partial charge in [-0.05, 0) is 31.4 Å². The van der Waals surface area contributed by atoms with Crippen molar-refractivity contribution in [1.29, 1.82) is 0 Å². The molecule has 0 aliphatic carbocycles. The molecule has 1 aliphatic heterocycles. The first kappa shape index (κ1) is 9.97. The van der Waals surface area contributed by atoms with Gasteiger partial charge in [-0.2, -0.15) is 0 Å². The SMILES string of the molecule is Cc1cccnc1N1CCCC(Br)C1. The maximum Gasteiger partial charge on any atom is 0.131 e. The fourth-order valence-electron chi connectivity index (χ4n) is 1.93. The van der Waals surface area contributed by atoms with Gasteiger partial charge in [-0.25, -0.2) is 4.98 Å². The summed E-state index contributed by atoms with van der Waals surface area (Å²) in [6.45, 7) is 4.35. The van der Waals surface area contributed by atoms with Crippen molar-refractivity contribution in [2.24, 2.45) is 0 Å². The lowest BCUT2D eigenvalue weighted by molar-refractivity contribution is 0.590. The molecule has 2 rings (SSSR count). The molecule has 0 spiro atoms. The van der Waals surface area contributed by atoms with Gasteiger partial charge in [0.05, 0.1) is 0 Å². The number of hydrogen-bond donors (Lipinski definition) is 0. The van der Waals surface area contributed by atoms with Crippen LogP contribution in [-0.4, -0.2) is 22.9 Å². The average molecular weight is 255 g/mol. The van der Waals surface area contributed by atoms with Crippen LogP contribution in [0.4, 0.5) is 5.82 Å². The number of anilines is 1. The van der Waals surface area contributed by atoms with Crippen LogP contribution in [0.25, 0.3) is 0 Å². The van der Waals surface area contributed by atoms with Gasteiger partial charge in [0.2, 0.25) is 0 Å². The van der Waals surface area contributed by atoms with E-state index in [1.807, 2.05) is 12.3 Å². The molecule has 1 aliphatic rings. The van der Waals surface area contributed by atoms with E-state index in [1.165, 1.54) is 18.4 Å². The van der Waals surface area contributed by atoms with Crippen LogP contribution in [0.1, 0.15) is 18.4 Å². The van der Waals surface area contributed by atoms with Gasteiger partial charge in [0.25, 0.3) is 0 Å². The predicted molar refractivity (Wildman–Crippen MR) is 63.1 cm³/mol. The van der Waals surface area contributed by atoms with Crippen molar-refractivity contribution in [3.63, 3.8) is 0 Å². The molecule has 1 atom stereocenters. The van der Waals surface area contributed by atoms with E-state index in [9.17, 15) is 0 Å². The number of hydrogen-bond acceptors (Lipinski definition) is 2. The lowest BCUT2D eigenvalue weighted by atomic mass is 10.1. The standard InChI is InChI=1S/C11H15BrN2/c1-9-4-2-6-13-11(9)14-7-3-5-10(12)8-14/h2,4,6,10H,3,5,7-8H2,1H3. The Morgan fingerprint density at radius 2 is 2.43 bits per heavy atom. The number of pyridine rings is 1. The van der Waals surface area contributed by atoms with E-state index in [0.717, 1.165) is 18.9 Å². The molecule has 2 nitrogen and oxygen atoms in total. The van der Waals surface area contributed by atoms with E-state index >= 15 is 0 Å². The molecular weight excluding hydrogens is 240 g/mol. The Balaban J connectivity index is 2.18. The summed E-state index contributed by atoms with van der Waals surface area (Å²) in [7, 11) is 0. The highest BCUT2D eigenvalue weighted by atomic mass is 79.9. The van der Waals surface area contributed by atoms with Crippen LogP contribution in [-0.2, 0) is 0 Å². The average Bonchev–Trinajstić information content (AvgIpc) is 2.18. The molecule has 3 heteroatoms. The molecule has 1 aromatic heterocycles. The first-order valence-electron chi connectivity index (χ1n) is 5.08. The third-order valence-electron chi connectivity index (χ3n) is 2.65. The summed E-state index contributed by atoms with van der Waals surface area (Å²) in [5, 5.41) is 0. The fourth-order valence-corrected chi connectivity index (χ4v) is 2.60. The number of halogens is 1. The zero-order valence-corrected chi connectivity index (χ0v) is 10.00. The minimum absolute atomic E-state index is 0.623. The minimum Gasteiger partial charge on any atom is -0.355 e. The van der Waals surface area contributed by atoms with Gasteiger partial charge in [-0.3, -0.25) is 0 Å². The molecule has 0 amide bonds. The van der Waals surface area contributed by atoms with Gasteiger partial charge in [0.1, 0.15) is 5.82 Å². The van der Waals surface area contributed by atoms with Crippen molar-refractivity contribution in [1.82, 2.24) is 4.98 Å². The second kappa shape index (κ2) is 4.30. The molecule has 1 fully saturated rings. The Labute approximate surface area is 93.5 Å². The van der Waals surface area contributed by atoms with E-state index in [2.05, 4.69) is 38.8 Å². The van der Waals surface area contributed by atoms with Crippen molar-refractivity contribution in [2.45, 2.75) is 24.6 Å². The van der Waals surface area contributed by atoms with Crippen molar-refractivity contribution >= 4 is 21.7 Å². The summed E-state index contributed by atoms with van der Waals surface area (Å²) >= 11 is 3.68. The number of piperidine rings is 1. The van der Waals surface area contributed by atoms with Crippen molar-refractivity contribution in [3.8, 4) is 0 Å². The normalized spacial score (nSPS) is 22.4. The Morgan fingerprint density at radius 1 is 1.57 bits per heavy atom. The van der Waals surface area contributed by atoms with Crippen LogP contribution in [0.5, 0.6) is 0 Å². The zero-order chi connectivity index (χ0) is 9.97. The van der Waals surface area contributed by atoms with Crippen LogP contribution in [0.15, 0.2) is 18.3 Å². The molecule has 1 unspecified atom stereocenters. The van der Waals surface area contributed by atoms with Gasteiger partial charge in [0.15, 0.2) is 0 Å². The monoisotopic (exact) mass is 254 g/mol. The van der Waals surface area contributed by atoms with E-state index < -0.39 is 0 Å². The number of rotatable bonds is 1. The second-order valence-electron chi connectivity index (χ2n) is 3.83. The Kier molecular flexibility index (Phi) is 3.06. The van der Waals surface area contributed by atoms with Crippen molar-refractivity contribution in [2.75, 3.05) is 18.0 Å². The molecule has 1 aromatic rings. The number of nitrogens with zero attached hydrogens (tertiary/aromatic N) is 2. The van der Waals surface area contributed by atoms with E-state index in [0.29, 0.717) is 4.83 Å². The van der Waals surface area contributed by atoms with Crippen LogP contribution in [0.3, 0.4) is 0 Å². The summed E-state index contributed by atoms with van der Waals surface area (Å²) in [6.07, 6.45) is 4.41. The van der Waals surface area contributed by atoms with Crippen molar-refractivity contribution in [3.05, 3.63) is 23.9 Å². The summed E-state index contributed by atoms with van der Waals surface area (Å²) < 4.78 is 0. The molecule has 14 heavy (non-hydrogen) atoms. The summed E-state index contributed by atoms with van der Waals surface area (Å²) in [5.74, 6) is 1.15. The molecule has 0 aromatic carbocycles. The highest BCUT2D eigenvalue weighted by molar-refractivity contribution is 9.09. The van der Waals surface area contributed by atoms with Crippen LogP contribution < -0.4 is 4.90 Å². The second-order valence-corrected chi connectivity index (χ2v) is 5.12. The first-order chi connectivity index (χ1) is 6.77. The Morgan fingerprint density at radius 3 is 3.14 bits per heavy atom. The highest BCUT2D eigenvalue weighted by Gasteiger charge is 2.19. The van der Waals surface area contributed by atoms with Crippen LogP contribution in [0.2, 0.25) is 0 Å². The predicted octanol–water partition coefficient (Wildman–Crippen LogP) is 2.75. The molecule has 0 bridgehead atoms. The van der Waals surface area contributed by atoms with Gasteiger partial charge >= 0.3 is 0 Å². The van der Waals surface area contributed by atoms with Crippen LogP contribution in [0, 0.1) is 6.92 Å². The van der Waals surface area contributed by atoms with E-state index in [-0.39, 0.29) is 0 Å². The van der Waals surface area contributed by atoms with E-state index in [1.54, 1.807) is 0 Å². The van der Waals surface area contributed by atoms with Crippen molar-refractivity contribution < 1.29 is 0 Å². The third-order valence-corrected chi connectivity index (χ3v) is 3.39. The largest absolute Gasteiger partial charge is 0.355 e. The number of aromatic nitrogens is 1. The summed E-state index contributed by atoms with van der Waals surface area (Å²) in [5.41, 5.74) is 1.27. The third kappa shape index (κ3) is 2.08. The summed E-state index contributed by atoms with van der Waals surface area (Å²) in [6, 6.07) is 4.12. The van der Waals surface area contributed by atoms with Gasteiger partial charge in [-0.1, -0.05) is 22.0 Å². The molecule has 0 saturated carbocycles. The van der Waals surface area contributed by atoms with E-state index in [4.69, 9.17) is 0 Å². The zero-order valence-electron chi connectivity index (χ0n) is 8.41. The fraction of sp³-hybridized carbons (Fsp3) is 0.545. The van der Waals surface area contributed by atoms with Gasteiger partial charge in [-0.15, -0.1) is 0 Å². The quantitative estimate of drug-likeness (QED) is 0.717. The molecule has 0 N–H and O–H groups in total. The minimum atomic E-state index is 0.623. The van der Waals surface area contributed by atoms with Crippen LogP contribution >= 0.6 is 15.9 Å². The number of aryl methyl sites for hydroxylation is 1. The summed E-state index contributed by atoms with van der Waals surface area (Å²) in [4.78, 5) is 7.44. The molecular formula is C11H15BrN2. The Hall–Kier alpha value is -0.570. The first-order valence-corrected chi connectivity index (χ1v) is 5.99. The number of alkyl halides is 1. The molecule has 76 valence electrons. The van der Waals surface area contributed by atoms with Gasteiger partial charge < -0.3 is 4.90 Å². The lowest BCUT2D eigenvalue weighted by Crippen LogP contribution is -2.36. The lowest BCUT2D eigenvalue weighted by Gasteiger charge is -2.31. The molecule has 0 radical (unpaired) electrons. The smallest absolute Gasteiger partial charge is 0.131 e. The van der Waals surface area contributed by atoms with Gasteiger partial charge in [0, 0.05) is 24.1 Å². The molecule has 1 saturated heterocycles. The topological polar surface area (TPSA) is 16.1 Å².